The van der Waals surface area contributed by atoms with Gasteiger partial charge in [-0.15, -0.1) is 0 Å². The Balaban J connectivity index is 2.05. The van der Waals surface area contributed by atoms with Gasteiger partial charge in [-0.2, -0.15) is 5.10 Å². The summed E-state index contributed by atoms with van der Waals surface area (Å²) in [6.07, 6.45) is 2.66. The second-order valence-electron chi connectivity index (χ2n) is 4.57. The summed E-state index contributed by atoms with van der Waals surface area (Å²) >= 11 is 0. The smallest absolute Gasteiger partial charge is 0.257 e. The van der Waals surface area contributed by atoms with E-state index in [1.807, 2.05) is 11.8 Å². The highest BCUT2D eigenvalue weighted by Gasteiger charge is 2.29. The lowest BCUT2D eigenvalue weighted by Gasteiger charge is -2.20. The summed E-state index contributed by atoms with van der Waals surface area (Å²) in [5, 5.41) is 6.68. The Hall–Kier alpha value is -1.36. The Morgan fingerprint density at radius 2 is 2.38 bits per heavy atom. The molecule has 2 heterocycles. The summed E-state index contributed by atoms with van der Waals surface area (Å²) in [5.74, 6) is 0.0931. The normalized spacial score (nSPS) is 20.8. The van der Waals surface area contributed by atoms with Gasteiger partial charge in [0.2, 0.25) is 0 Å². The maximum atomic E-state index is 12.1. The molecule has 1 fully saturated rings. The first kappa shape index (κ1) is 11.1. The van der Waals surface area contributed by atoms with Crippen molar-refractivity contribution >= 4 is 5.91 Å². The Kier molecular flexibility index (Phi) is 2.96. The van der Waals surface area contributed by atoms with Gasteiger partial charge in [-0.25, -0.2) is 0 Å². The van der Waals surface area contributed by atoms with Crippen molar-refractivity contribution in [2.24, 2.45) is 0 Å². The molecular weight excluding hydrogens is 204 g/mol. The van der Waals surface area contributed by atoms with E-state index >= 15 is 0 Å². The number of rotatable bonds is 2. The highest BCUT2D eigenvalue weighted by atomic mass is 16.2. The number of hydrogen-bond acceptors (Lipinski definition) is 3. The molecule has 0 aromatic carbocycles. The predicted molar refractivity (Wildman–Crippen MR) is 61.3 cm³/mol. The van der Waals surface area contributed by atoms with Crippen LogP contribution in [0, 0.1) is 6.92 Å². The van der Waals surface area contributed by atoms with E-state index in [4.69, 9.17) is 0 Å². The highest BCUT2D eigenvalue weighted by molar-refractivity contribution is 5.95. The molecule has 1 aliphatic heterocycles. The highest BCUT2D eigenvalue weighted by Crippen LogP contribution is 2.17. The molecule has 1 aliphatic rings. The van der Waals surface area contributed by atoms with E-state index in [2.05, 4.69) is 29.2 Å². The quantitative estimate of drug-likeness (QED) is 0.792. The zero-order valence-corrected chi connectivity index (χ0v) is 10.0. The fourth-order valence-corrected chi connectivity index (χ4v) is 2.08. The molecule has 1 N–H and O–H groups in total. The van der Waals surface area contributed by atoms with Gasteiger partial charge in [0.25, 0.3) is 5.91 Å². The van der Waals surface area contributed by atoms with Gasteiger partial charge in [-0.3, -0.25) is 9.89 Å². The van der Waals surface area contributed by atoms with Crippen LogP contribution < -0.4 is 0 Å². The van der Waals surface area contributed by atoms with Crippen LogP contribution in [0.4, 0.5) is 0 Å². The van der Waals surface area contributed by atoms with Crippen LogP contribution in [0.15, 0.2) is 6.20 Å². The van der Waals surface area contributed by atoms with E-state index in [9.17, 15) is 4.79 Å². The maximum Gasteiger partial charge on any atom is 0.257 e. The Bertz CT molecular complexity index is 385. The van der Waals surface area contributed by atoms with Crippen molar-refractivity contribution in [3.8, 4) is 0 Å². The molecule has 1 amide bonds. The number of aryl methyl sites for hydroxylation is 1. The van der Waals surface area contributed by atoms with Crippen molar-refractivity contribution in [2.45, 2.75) is 19.4 Å². The fourth-order valence-electron chi connectivity index (χ4n) is 2.08. The Labute approximate surface area is 95.4 Å². The molecule has 16 heavy (non-hydrogen) atoms. The molecule has 88 valence electrons. The number of H-pyrrole nitrogens is 1. The van der Waals surface area contributed by atoms with E-state index in [-0.39, 0.29) is 5.91 Å². The van der Waals surface area contributed by atoms with Crippen molar-refractivity contribution in [3.63, 3.8) is 0 Å². The van der Waals surface area contributed by atoms with Crippen LogP contribution in [0.1, 0.15) is 22.5 Å². The van der Waals surface area contributed by atoms with Gasteiger partial charge in [0.05, 0.1) is 11.8 Å². The number of nitrogens with zero attached hydrogens (tertiary/aromatic N) is 3. The fraction of sp³-hybridized carbons (Fsp3) is 0.636. The maximum absolute atomic E-state index is 12.1. The summed E-state index contributed by atoms with van der Waals surface area (Å²) in [6.45, 7) is 3.53. The van der Waals surface area contributed by atoms with E-state index in [0.29, 0.717) is 11.6 Å². The lowest BCUT2D eigenvalue weighted by atomic mass is 10.2. The van der Waals surface area contributed by atoms with Crippen LogP contribution in [0.2, 0.25) is 0 Å². The summed E-state index contributed by atoms with van der Waals surface area (Å²) in [5.41, 5.74) is 1.54. The molecular formula is C11H18N4O. The number of hydrogen-bond donors (Lipinski definition) is 1. The van der Waals surface area contributed by atoms with Crippen molar-refractivity contribution in [2.75, 3.05) is 27.2 Å². The third kappa shape index (κ3) is 1.95. The first-order chi connectivity index (χ1) is 7.59. The minimum absolute atomic E-state index is 0.0931. The summed E-state index contributed by atoms with van der Waals surface area (Å²) in [4.78, 5) is 16.2. The number of aromatic nitrogens is 2. The number of aromatic amines is 1. The first-order valence-corrected chi connectivity index (χ1v) is 5.55. The van der Waals surface area contributed by atoms with Crippen LogP contribution in [0.25, 0.3) is 0 Å². The van der Waals surface area contributed by atoms with Gasteiger partial charge in [0.15, 0.2) is 0 Å². The van der Waals surface area contributed by atoms with Gasteiger partial charge in [-0.1, -0.05) is 0 Å². The number of likely N-dealkylation sites (N-methyl/N-ethyl adjacent to an activating group) is 1. The van der Waals surface area contributed by atoms with Crippen molar-refractivity contribution in [3.05, 3.63) is 17.5 Å². The SMILES string of the molecule is Cc1[nH]ncc1C(=O)N1CCC(N(C)C)C1. The molecule has 0 radical (unpaired) electrons. The minimum atomic E-state index is 0.0931. The average Bonchev–Trinajstić information content (AvgIpc) is 2.84. The van der Waals surface area contributed by atoms with Gasteiger partial charge in [0, 0.05) is 24.8 Å². The number of carbonyl (C=O) groups is 1. The van der Waals surface area contributed by atoms with Crippen molar-refractivity contribution in [1.82, 2.24) is 20.0 Å². The summed E-state index contributed by atoms with van der Waals surface area (Å²) in [7, 11) is 4.11. The molecule has 5 heteroatoms. The monoisotopic (exact) mass is 222 g/mol. The third-order valence-corrected chi connectivity index (χ3v) is 3.24. The predicted octanol–water partition coefficient (Wildman–Crippen LogP) is 0.494. The van der Waals surface area contributed by atoms with E-state index in [0.717, 1.165) is 25.2 Å². The summed E-state index contributed by atoms with van der Waals surface area (Å²) < 4.78 is 0. The minimum Gasteiger partial charge on any atom is -0.337 e. The van der Waals surface area contributed by atoms with Crippen LogP contribution in [0.5, 0.6) is 0 Å². The van der Waals surface area contributed by atoms with Crippen LogP contribution in [-0.4, -0.2) is 59.1 Å². The van der Waals surface area contributed by atoms with E-state index in [1.54, 1.807) is 6.20 Å². The molecule has 0 saturated carbocycles. The molecule has 1 saturated heterocycles. The lowest BCUT2D eigenvalue weighted by molar-refractivity contribution is 0.0782. The number of amides is 1. The Morgan fingerprint density at radius 1 is 1.62 bits per heavy atom. The summed E-state index contributed by atoms with van der Waals surface area (Å²) in [6, 6.07) is 0.483. The van der Waals surface area contributed by atoms with Crippen molar-refractivity contribution in [1.29, 1.82) is 0 Å². The molecule has 0 spiro atoms. The molecule has 0 bridgehead atoms. The van der Waals surface area contributed by atoms with Crippen molar-refractivity contribution < 1.29 is 4.79 Å². The second kappa shape index (κ2) is 4.25. The number of carbonyl (C=O) groups excluding carboxylic acids is 1. The molecule has 5 nitrogen and oxygen atoms in total. The zero-order chi connectivity index (χ0) is 11.7. The zero-order valence-electron chi connectivity index (χ0n) is 10.0. The number of nitrogens with one attached hydrogen (secondary N) is 1. The van der Waals surface area contributed by atoms with Crippen LogP contribution >= 0.6 is 0 Å². The van der Waals surface area contributed by atoms with E-state index in [1.165, 1.54) is 0 Å². The Morgan fingerprint density at radius 3 is 2.88 bits per heavy atom. The largest absolute Gasteiger partial charge is 0.337 e. The average molecular weight is 222 g/mol. The van der Waals surface area contributed by atoms with Gasteiger partial charge < -0.3 is 9.80 Å². The molecule has 2 rings (SSSR count). The first-order valence-electron chi connectivity index (χ1n) is 5.55. The molecule has 1 unspecified atom stereocenters. The standard InChI is InChI=1S/C11H18N4O/c1-8-10(6-12-13-8)11(16)15-5-4-9(7-15)14(2)3/h6,9H,4-5,7H2,1-3H3,(H,12,13). The number of likely N-dealkylation sites (tertiary alicyclic amines) is 1. The topological polar surface area (TPSA) is 52.2 Å². The van der Waals surface area contributed by atoms with Gasteiger partial charge in [-0.05, 0) is 27.4 Å². The van der Waals surface area contributed by atoms with Gasteiger partial charge >= 0.3 is 0 Å². The molecule has 1 aromatic rings. The van der Waals surface area contributed by atoms with Crippen LogP contribution in [0.3, 0.4) is 0 Å². The molecule has 1 aromatic heterocycles. The lowest BCUT2D eigenvalue weighted by Crippen LogP contribution is -2.34. The molecule has 0 aliphatic carbocycles. The van der Waals surface area contributed by atoms with Gasteiger partial charge in [0.1, 0.15) is 0 Å². The third-order valence-electron chi connectivity index (χ3n) is 3.24. The molecule has 1 atom stereocenters. The van der Waals surface area contributed by atoms with Crippen LogP contribution in [-0.2, 0) is 0 Å². The van der Waals surface area contributed by atoms with E-state index < -0.39 is 0 Å². The second-order valence-corrected chi connectivity index (χ2v) is 4.57.